The molecule has 4 rings (SSSR count). The Hall–Kier alpha value is -3.28. The lowest BCUT2D eigenvalue weighted by molar-refractivity contribution is 0.0955. The number of amides is 1. The minimum atomic E-state index is -0.246. The molecular weight excluding hydrogens is 330 g/mol. The van der Waals surface area contributed by atoms with Crippen LogP contribution in [0.3, 0.4) is 0 Å². The highest BCUT2D eigenvalue weighted by atomic mass is 16.5. The van der Waals surface area contributed by atoms with Crippen LogP contribution in [0.2, 0.25) is 0 Å². The average Bonchev–Trinajstić information content (AvgIpc) is 3.24. The zero-order chi connectivity index (χ0) is 18.1. The number of H-pyrrole nitrogens is 1. The first kappa shape index (κ1) is 16.2. The lowest BCUT2D eigenvalue weighted by atomic mass is 9.96. The topological polar surface area (TPSA) is 76.2 Å². The molecule has 0 saturated carbocycles. The molecule has 1 amide bonds. The Morgan fingerprint density at radius 3 is 2.38 bits per heavy atom. The van der Waals surface area contributed by atoms with Crippen LogP contribution in [0, 0.1) is 0 Å². The van der Waals surface area contributed by atoms with E-state index < -0.39 is 0 Å². The van der Waals surface area contributed by atoms with Crippen LogP contribution in [0.25, 0.3) is 11.3 Å². The normalized spacial score (nSPS) is 15.5. The van der Waals surface area contributed by atoms with Crippen molar-refractivity contribution in [2.75, 3.05) is 13.7 Å². The van der Waals surface area contributed by atoms with Crippen LogP contribution >= 0.6 is 0 Å². The molecule has 0 radical (unpaired) electrons. The van der Waals surface area contributed by atoms with Crippen LogP contribution in [0.15, 0.2) is 48.5 Å². The van der Waals surface area contributed by atoms with Crippen LogP contribution in [0.1, 0.15) is 34.6 Å². The van der Waals surface area contributed by atoms with E-state index in [0.29, 0.717) is 12.3 Å². The first-order valence-corrected chi connectivity index (χ1v) is 8.47. The number of carbonyl (C=O) groups excluding carboxylic acids is 1. The standard InChI is InChI=1S/C20H19N3O3/c1-3-26-15-10-6-12(7-11-15)17-16-18(22-23-19(16)20(24)21-17)13-4-8-14(25-2)9-5-13/h4-11,17H,3H2,1-2H3,(H,21,24)(H,22,23)/t17-/m0/s1. The zero-order valence-corrected chi connectivity index (χ0v) is 14.6. The number of hydrogen-bond acceptors (Lipinski definition) is 4. The Morgan fingerprint density at radius 1 is 1.04 bits per heavy atom. The van der Waals surface area contributed by atoms with Gasteiger partial charge in [-0.3, -0.25) is 9.89 Å². The first-order valence-electron chi connectivity index (χ1n) is 8.47. The summed E-state index contributed by atoms with van der Waals surface area (Å²) in [6, 6.07) is 15.2. The summed E-state index contributed by atoms with van der Waals surface area (Å²) in [6.07, 6.45) is 0. The van der Waals surface area contributed by atoms with Crippen molar-refractivity contribution in [3.63, 3.8) is 0 Å². The molecule has 1 aliphatic rings. The third kappa shape index (κ3) is 2.69. The highest BCUT2D eigenvalue weighted by Crippen LogP contribution is 2.37. The highest BCUT2D eigenvalue weighted by molar-refractivity contribution is 6.00. The molecule has 1 atom stereocenters. The van der Waals surface area contributed by atoms with Gasteiger partial charge >= 0.3 is 0 Å². The predicted octanol–water partition coefficient (Wildman–Crippen LogP) is 3.32. The van der Waals surface area contributed by atoms with Gasteiger partial charge in [0.05, 0.1) is 25.5 Å². The summed E-state index contributed by atoms with van der Waals surface area (Å²) in [5.41, 5.74) is 4.05. The summed E-state index contributed by atoms with van der Waals surface area (Å²) in [6.45, 7) is 2.57. The van der Waals surface area contributed by atoms with E-state index in [0.717, 1.165) is 33.9 Å². The van der Waals surface area contributed by atoms with Gasteiger partial charge in [-0.2, -0.15) is 5.10 Å². The van der Waals surface area contributed by atoms with Gasteiger partial charge in [0.15, 0.2) is 0 Å². The van der Waals surface area contributed by atoms with Crippen LogP contribution < -0.4 is 14.8 Å². The maximum atomic E-state index is 12.3. The summed E-state index contributed by atoms with van der Waals surface area (Å²) in [5, 5.41) is 10.3. The second-order valence-electron chi connectivity index (χ2n) is 6.00. The molecule has 2 heterocycles. The molecule has 2 N–H and O–H groups in total. The molecule has 1 aliphatic heterocycles. The summed E-state index contributed by atoms with van der Waals surface area (Å²) in [5.74, 6) is 1.44. The second-order valence-corrected chi connectivity index (χ2v) is 6.00. The molecule has 0 saturated heterocycles. The Kier molecular flexibility index (Phi) is 4.08. The van der Waals surface area contributed by atoms with E-state index in [-0.39, 0.29) is 11.9 Å². The van der Waals surface area contributed by atoms with Gasteiger partial charge in [0, 0.05) is 11.1 Å². The minimum Gasteiger partial charge on any atom is -0.497 e. The number of rotatable bonds is 5. The number of aromatic nitrogens is 2. The number of benzene rings is 2. The lowest BCUT2D eigenvalue weighted by Gasteiger charge is -2.14. The van der Waals surface area contributed by atoms with Gasteiger partial charge in [-0.05, 0) is 48.9 Å². The van der Waals surface area contributed by atoms with Gasteiger partial charge in [-0.1, -0.05) is 12.1 Å². The number of nitrogens with zero attached hydrogens (tertiary/aromatic N) is 1. The number of methoxy groups -OCH3 is 1. The quantitative estimate of drug-likeness (QED) is 0.741. The molecular formula is C20H19N3O3. The molecule has 132 valence electrons. The Bertz CT molecular complexity index is 930. The van der Waals surface area contributed by atoms with Crippen molar-refractivity contribution in [3.8, 4) is 22.8 Å². The van der Waals surface area contributed by atoms with E-state index in [4.69, 9.17) is 9.47 Å². The molecule has 0 aliphatic carbocycles. The number of hydrogen-bond donors (Lipinski definition) is 2. The number of carbonyl (C=O) groups is 1. The number of aromatic amines is 1. The molecule has 3 aromatic rings. The van der Waals surface area contributed by atoms with Crippen LogP contribution in [0.4, 0.5) is 0 Å². The minimum absolute atomic E-state index is 0.147. The van der Waals surface area contributed by atoms with Crippen molar-refractivity contribution in [3.05, 3.63) is 65.4 Å². The van der Waals surface area contributed by atoms with Gasteiger partial charge in [0.25, 0.3) is 5.91 Å². The molecule has 6 nitrogen and oxygen atoms in total. The van der Waals surface area contributed by atoms with Gasteiger partial charge < -0.3 is 14.8 Å². The smallest absolute Gasteiger partial charge is 0.270 e. The van der Waals surface area contributed by atoms with Crippen LogP contribution in [-0.4, -0.2) is 29.8 Å². The summed E-state index contributed by atoms with van der Waals surface area (Å²) in [7, 11) is 1.63. The third-order valence-electron chi connectivity index (χ3n) is 4.48. The van der Waals surface area contributed by atoms with Crippen molar-refractivity contribution in [2.24, 2.45) is 0 Å². The largest absolute Gasteiger partial charge is 0.497 e. The number of ether oxygens (including phenoxy) is 2. The van der Waals surface area contributed by atoms with Gasteiger partial charge in [-0.25, -0.2) is 0 Å². The van der Waals surface area contributed by atoms with Crippen molar-refractivity contribution in [1.82, 2.24) is 15.5 Å². The lowest BCUT2D eigenvalue weighted by Crippen LogP contribution is -2.21. The number of fused-ring (bicyclic) bond motifs is 1. The van der Waals surface area contributed by atoms with Gasteiger partial charge in [0.1, 0.15) is 17.2 Å². The predicted molar refractivity (Wildman–Crippen MR) is 97.5 cm³/mol. The molecule has 0 bridgehead atoms. The molecule has 1 aromatic heterocycles. The fourth-order valence-electron chi connectivity index (χ4n) is 3.22. The Balaban J connectivity index is 1.73. The Morgan fingerprint density at radius 2 is 1.73 bits per heavy atom. The Labute approximate surface area is 151 Å². The van der Waals surface area contributed by atoms with E-state index >= 15 is 0 Å². The van der Waals surface area contributed by atoms with Crippen LogP contribution in [-0.2, 0) is 0 Å². The molecule has 26 heavy (non-hydrogen) atoms. The molecule has 6 heteroatoms. The van der Waals surface area contributed by atoms with Gasteiger partial charge in [-0.15, -0.1) is 0 Å². The van der Waals surface area contributed by atoms with E-state index in [1.54, 1.807) is 7.11 Å². The molecule has 2 aromatic carbocycles. The van der Waals surface area contributed by atoms with Crippen molar-refractivity contribution in [2.45, 2.75) is 13.0 Å². The monoisotopic (exact) mass is 349 g/mol. The highest BCUT2D eigenvalue weighted by Gasteiger charge is 2.35. The molecule has 0 spiro atoms. The fraction of sp³-hybridized carbons (Fsp3) is 0.200. The average molecular weight is 349 g/mol. The molecule has 0 unspecified atom stereocenters. The summed E-state index contributed by atoms with van der Waals surface area (Å²) in [4.78, 5) is 12.3. The molecule has 0 fully saturated rings. The maximum Gasteiger partial charge on any atom is 0.270 e. The second kappa shape index (κ2) is 6.55. The maximum absolute atomic E-state index is 12.3. The fourth-order valence-corrected chi connectivity index (χ4v) is 3.22. The van der Waals surface area contributed by atoms with Gasteiger partial charge in [0.2, 0.25) is 0 Å². The van der Waals surface area contributed by atoms with E-state index in [9.17, 15) is 4.79 Å². The summed E-state index contributed by atoms with van der Waals surface area (Å²) < 4.78 is 10.7. The van der Waals surface area contributed by atoms with E-state index in [1.165, 1.54) is 0 Å². The van der Waals surface area contributed by atoms with Crippen molar-refractivity contribution in [1.29, 1.82) is 0 Å². The van der Waals surface area contributed by atoms with E-state index in [2.05, 4.69) is 15.5 Å². The van der Waals surface area contributed by atoms with Crippen molar-refractivity contribution < 1.29 is 14.3 Å². The summed E-state index contributed by atoms with van der Waals surface area (Å²) >= 11 is 0. The first-order chi connectivity index (χ1) is 12.7. The van der Waals surface area contributed by atoms with E-state index in [1.807, 2.05) is 55.5 Å². The zero-order valence-electron chi connectivity index (χ0n) is 14.6. The van der Waals surface area contributed by atoms with Crippen LogP contribution in [0.5, 0.6) is 11.5 Å². The third-order valence-corrected chi connectivity index (χ3v) is 4.48. The van der Waals surface area contributed by atoms with Crippen molar-refractivity contribution >= 4 is 5.91 Å². The SMILES string of the molecule is CCOc1ccc([C@@H]2NC(=O)c3[nH]nc(-c4ccc(OC)cc4)c32)cc1. The number of nitrogens with one attached hydrogen (secondary N) is 2.